The fourth-order valence-corrected chi connectivity index (χ4v) is 2.00. The normalized spacial score (nSPS) is 12.7. The molecule has 2 N–H and O–H groups in total. The Morgan fingerprint density at radius 1 is 1.43 bits per heavy atom. The zero-order valence-electron chi connectivity index (χ0n) is 11.2. The van der Waals surface area contributed by atoms with Crippen molar-refractivity contribution in [3.8, 4) is 6.07 Å². The van der Waals surface area contributed by atoms with E-state index in [2.05, 4.69) is 15.3 Å². The molecular formula is C14H13F3N4. The first kappa shape index (κ1) is 14.9. The van der Waals surface area contributed by atoms with Gasteiger partial charge in [0, 0.05) is 18.1 Å². The Morgan fingerprint density at radius 3 is 2.71 bits per heavy atom. The fourth-order valence-electron chi connectivity index (χ4n) is 2.00. The van der Waals surface area contributed by atoms with E-state index >= 15 is 0 Å². The number of anilines is 1. The van der Waals surface area contributed by atoms with E-state index in [1.54, 1.807) is 18.5 Å². The van der Waals surface area contributed by atoms with Crippen LogP contribution in [0.3, 0.4) is 0 Å². The molecule has 0 aliphatic heterocycles. The molecular weight excluding hydrogens is 281 g/mol. The first-order valence-electron chi connectivity index (χ1n) is 6.33. The summed E-state index contributed by atoms with van der Waals surface area (Å²) in [6.07, 6.45) is -0.677. The van der Waals surface area contributed by atoms with E-state index in [4.69, 9.17) is 5.26 Å². The van der Waals surface area contributed by atoms with Crippen LogP contribution in [-0.4, -0.2) is 9.97 Å². The van der Waals surface area contributed by atoms with Gasteiger partial charge in [-0.1, -0.05) is 6.92 Å². The van der Waals surface area contributed by atoms with Crippen molar-refractivity contribution in [2.75, 3.05) is 5.32 Å². The molecule has 1 unspecified atom stereocenters. The molecule has 110 valence electrons. The number of nitriles is 1. The summed E-state index contributed by atoms with van der Waals surface area (Å²) in [5.74, 6) is 0.649. The van der Waals surface area contributed by atoms with E-state index in [-0.39, 0.29) is 11.6 Å². The SMILES string of the molecule is CCC(Nc1ccc(C#N)c(C(F)(F)F)c1)c1ncc[nH]1. The summed E-state index contributed by atoms with van der Waals surface area (Å²) in [6.45, 7) is 1.90. The Bertz CT molecular complexity index is 641. The van der Waals surface area contributed by atoms with Crippen LogP contribution in [0.15, 0.2) is 30.6 Å². The van der Waals surface area contributed by atoms with Crippen molar-refractivity contribution in [2.45, 2.75) is 25.6 Å². The third-order valence-corrected chi connectivity index (χ3v) is 3.04. The van der Waals surface area contributed by atoms with E-state index in [0.717, 1.165) is 6.07 Å². The third-order valence-electron chi connectivity index (χ3n) is 3.04. The zero-order valence-corrected chi connectivity index (χ0v) is 11.2. The minimum atomic E-state index is -4.56. The number of halogens is 3. The molecule has 1 atom stereocenters. The van der Waals surface area contributed by atoms with Crippen LogP contribution in [0.5, 0.6) is 0 Å². The van der Waals surface area contributed by atoms with Gasteiger partial charge in [0.2, 0.25) is 0 Å². The fraction of sp³-hybridized carbons (Fsp3) is 0.286. The number of nitrogens with one attached hydrogen (secondary N) is 2. The van der Waals surface area contributed by atoms with E-state index in [1.807, 2.05) is 6.92 Å². The van der Waals surface area contributed by atoms with Gasteiger partial charge >= 0.3 is 6.18 Å². The van der Waals surface area contributed by atoms with Crippen LogP contribution in [0.25, 0.3) is 0 Å². The number of aromatic amines is 1. The lowest BCUT2D eigenvalue weighted by atomic mass is 10.1. The molecule has 0 spiro atoms. The molecule has 1 aromatic carbocycles. The Morgan fingerprint density at radius 2 is 2.19 bits per heavy atom. The molecule has 1 heterocycles. The number of hydrogen-bond donors (Lipinski definition) is 2. The number of alkyl halides is 3. The largest absolute Gasteiger partial charge is 0.417 e. The van der Waals surface area contributed by atoms with E-state index in [9.17, 15) is 13.2 Å². The molecule has 21 heavy (non-hydrogen) atoms. The monoisotopic (exact) mass is 294 g/mol. The summed E-state index contributed by atoms with van der Waals surface area (Å²) in [5.41, 5.74) is -1.03. The molecule has 4 nitrogen and oxygen atoms in total. The summed E-state index contributed by atoms with van der Waals surface area (Å²) in [6, 6.07) is 4.90. The standard InChI is InChI=1S/C14H13F3N4/c1-2-12(13-19-5-6-20-13)21-10-4-3-9(8-18)11(7-10)14(15,16)17/h3-7,12,21H,2H2,1H3,(H,19,20). The maximum atomic E-state index is 12.9. The summed E-state index contributed by atoms with van der Waals surface area (Å²) in [5, 5.41) is 11.8. The average molecular weight is 294 g/mol. The maximum Gasteiger partial charge on any atom is 0.417 e. The second-order valence-electron chi connectivity index (χ2n) is 4.45. The molecule has 0 aliphatic carbocycles. The minimum absolute atomic E-state index is 0.228. The van der Waals surface area contributed by atoms with Crippen LogP contribution in [0.2, 0.25) is 0 Å². The van der Waals surface area contributed by atoms with Crippen molar-refractivity contribution in [1.29, 1.82) is 5.26 Å². The van der Waals surface area contributed by atoms with Crippen LogP contribution in [-0.2, 0) is 6.18 Å². The van der Waals surface area contributed by atoms with Gasteiger partial charge in [-0.05, 0) is 24.6 Å². The Hall–Kier alpha value is -2.49. The van der Waals surface area contributed by atoms with Crippen LogP contribution >= 0.6 is 0 Å². The lowest BCUT2D eigenvalue weighted by Crippen LogP contribution is -2.13. The van der Waals surface area contributed by atoms with Gasteiger partial charge in [-0.15, -0.1) is 0 Å². The topological polar surface area (TPSA) is 64.5 Å². The summed E-state index contributed by atoms with van der Waals surface area (Å²) >= 11 is 0. The maximum absolute atomic E-state index is 12.9. The van der Waals surface area contributed by atoms with Gasteiger partial charge in [-0.2, -0.15) is 18.4 Å². The molecule has 1 aromatic heterocycles. The van der Waals surface area contributed by atoms with Crippen LogP contribution in [0, 0.1) is 11.3 Å². The third kappa shape index (κ3) is 3.34. The highest BCUT2D eigenvalue weighted by Crippen LogP contribution is 2.34. The van der Waals surface area contributed by atoms with Gasteiger partial charge in [-0.25, -0.2) is 4.98 Å². The quantitative estimate of drug-likeness (QED) is 0.899. The Labute approximate surface area is 119 Å². The summed E-state index contributed by atoms with van der Waals surface area (Å²) in [4.78, 5) is 7.02. The van der Waals surface area contributed by atoms with E-state index < -0.39 is 11.7 Å². The first-order chi connectivity index (χ1) is 9.95. The number of aromatic nitrogens is 2. The number of benzene rings is 1. The zero-order chi connectivity index (χ0) is 15.5. The minimum Gasteiger partial charge on any atom is -0.375 e. The predicted octanol–water partition coefficient (Wildman–Crippen LogP) is 3.86. The smallest absolute Gasteiger partial charge is 0.375 e. The summed E-state index contributed by atoms with van der Waals surface area (Å²) in [7, 11) is 0. The van der Waals surface area contributed by atoms with Gasteiger partial charge in [-0.3, -0.25) is 0 Å². The number of nitrogens with zero attached hydrogens (tertiary/aromatic N) is 2. The lowest BCUT2D eigenvalue weighted by Gasteiger charge is -2.18. The molecule has 7 heteroatoms. The Kier molecular flexibility index (Phi) is 4.17. The van der Waals surface area contributed by atoms with Gasteiger partial charge in [0.05, 0.1) is 23.2 Å². The molecule has 0 amide bonds. The van der Waals surface area contributed by atoms with Crippen molar-refractivity contribution >= 4 is 5.69 Å². The van der Waals surface area contributed by atoms with Crippen molar-refractivity contribution in [2.24, 2.45) is 0 Å². The van der Waals surface area contributed by atoms with Gasteiger partial charge in [0.15, 0.2) is 0 Å². The number of rotatable bonds is 4. The molecule has 0 aliphatic rings. The number of hydrogen-bond acceptors (Lipinski definition) is 3. The van der Waals surface area contributed by atoms with Crippen molar-refractivity contribution < 1.29 is 13.2 Å². The molecule has 2 aromatic rings. The van der Waals surface area contributed by atoms with Crippen molar-refractivity contribution in [3.63, 3.8) is 0 Å². The first-order valence-corrected chi connectivity index (χ1v) is 6.33. The highest BCUT2D eigenvalue weighted by molar-refractivity contribution is 5.53. The predicted molar refractivity (Wildman–Crippen MR) is 71.4 cm³/mol. The van der Waals surface area contributed by atoms with Gasteiger partial charge < -0.3 is 10.3 Å². The van der Waals surface area contributed by atoms with Gasteiger partial charge in [0.1, 0.15) is 5.82 Å². The highest BCUT2D eigenvalue weighted by atomic mass is 19.4. The second-order valence-corrected chi connectivity index (χ2v) is 4.45. The molecule has 0 saturated heterocycles. The molecule has 2 rings (SSSR count). The highest BCUT2D eigenvalue weighted by Gasteiger charge is 2.34. The lowest BCUT2D eigenvalue weighted by molar-refractivity contribution is -0.137. The molecule has 0 radical (unpaired) electrons. The van der Waals surface area contributed by atoms with Crippen molar-refractivity contribution in [3.05, 3.63) is 47.5 Å². The summed E-state index contributed by atoms with van der Waals surface area (Å²) < 4.78 is 38.7. The van der Waals surface area contributed by atoms with Crippen LogP contribution < -0.4 is 5.32 Å². The van der Waals surface area contributed by atoms with Crippen molar-refractivity contribution in [1.82, 2.24) is 9.97 Å². The molecule has 0 saturated carbocycles. The average Bonchev–Trinajstić information content (AvgIpc) is 2.97. The van der Waals surface area contributed by atoms with Crippen LogP contribution in [0.4, 0.5) is 18.9 Å². The van der Waals surface area contributed by atoms with Crippen LogP contribution in [0.1, 0.15) is 36.3 Å². The molecule has 0 bridgehead atoms. The Balaban J connectivity index is 2.31. The number of H-pyrrole nitrogens is 1. The molecule has 0 fully saturated rings. The second kappa shape index (κ2) is 5.87. The van der Waals surface area contributed by atoms with E-state index in [1.165, 1.54) is 12.1 Å². The number of imidazole rings is 1. The van der Waals surface area contributed by atoms with E-state index in [0.29, 0.717) is 17.9 Å². The van der Waals surface area contributed by atoms with Gasteiger partial charge in [0.25, 0.3) is 0 Å².